The van der Waals surface area contributed by atoms with Crippen molar-refractivity contribution in [1.82, 2.24) is 9.78 Å². The lowest BCUT2D eigenvalue weighted by atomic mass is 9.98. The van der Waals surface area contributed by atoms with Crippen molar-refractivity contribution >= 4 is 5.82 Å². The number of nitrogens with zero attached hydrogens (tertiary/aromatic N) is 2. The number of nitrogens with two attached hydrogens (primary N) is 1. The van der Waals surface area contributed by atoms with Crippen LogP contribution < -0.4 is 5.73 Å². The summed E-state index contributed by atoms with van der Waals surface area (Å²) in [5.41, 5.74) is 6.83. The van der Waals surface area contributed by atoms with E-state index in [1.54, 1.807) is 13.1 Å². The summed E-state index contributed by atoms with van der Waals surface area (Å²) in [4.78, 5) is 0. The summed E-state index contributed by atoms with van der Waals surface area (Å²) in [6.45, 7) is 1.30. The molecule has 3 nitrogen and oxygen atoms in total. The van der Waals surface area contributed by atoms with Crippen molar-refractivity contribution in [2.75, 3.05) is 5.73 Å². The number of hydrogen-bond donors (Lipinski definition) is 1. The Morgan fingerprint density at radius 1 is 1.35 bits per heavy atom. The highest BCUT2D eigenvalue weighted by Gasteiger charge is 2.18. The lowest BCUT2D eigenvalue weighted by Gasteiger charge is -2.11. The van der Waals surface area contributed by atoms with Gasteiger partial charge >= 0.3 is 0 Å². The van der Waals surface area contributed by atoms with Crippen molar-refractivity contribution in [2.45, 2.75) is 13.1 Å². The van der Waals surface area contributed by atoms with Crippen LogP contribution in [0.4, 0.5) is 14.6 Å². The summed E-state index contributed by atoms with van der Waals surface area (Å²) >= 11 is 0. The second-order valence-corrected chi connectivity index (χ2v) is 3.88. The molecule has 0 amide bonds. The molecule has 17 heavy (non-hydrogen) atoms. The zero-order valence-electron chi connectivity index (χ0n) is 9.61. The van der Waals surface area contributed by atoms with E-state index in [9.17, 15) is 8.78 Å². The first kappa shape index (κ1) is 11.6. The van der Waals surface area contributed by atoms with Crippen LogP contribution in [0.2, 0.25) is 0 Å². The highest BCUT2D eigenvalue weighted by atomic mass is 19.1. The molecule has 1 atom stereocenters. The topological polar surface area (TPSA) is 43.8 Å². The number of nitrogen functional groups attached to an aromatic ring is 1. The van der Waals surface area contributed by atoms with Crippen LogP contribution in [0.1, 0.15) is 18.7 Å². The second-order valence-electron chi connectivity index (χ2n) is 3.88. The van der Waals surface area contributed by atoms with Crippen molar-refractivity contribution < 1.29 is 8.78 Å². The number of alkyl halides is 1. The molecule has 1 aromatic heterocycles. The molecule has 0 aliphatic carbocycles. The quantitative estimate of drug-likeness (QED) is 0.872. The third-order valence-corrected chi connectivity index (χ3v) is 2.73. The van der Waals surface area contributed by atoms with Gasteiger partial charge in [-0.05, 0) is 18.6 Å². The van der Waals surface area contributed by atoms with Gasteiger partial charge in [-0.1, -0.05) is 12.1 Å². The summed E-state index contributed by atoms with van der Waals surface area (Å²) in [7, 11) is 1.68. The summed E-state index contributed by atoms with van der Waals surface area (Å²) in [5.74, 6) is -0.182. The molecular weight excluding hydrogens is 224 g/mol. The molecule has 0 saturated carbocycles. The van der Waals surface area contributed by atoms with Crippen molar-refractivity contribution in [2.24, 2.45) is 7.05 Å². The number of benzene rings is 1. The SMILES string of the molecule is CC(F)c1c(F)cccc1-c1cnn(C)c1N. The molecular formula is C12H13F2N3. The monoisotopic (exact) mass is 237 g/mol. The van der Waals surface area contributed by atoms with Gasteiger partial charge in [0, 0.05) is 18.2 Å². The van der Waals surface area contributed by atoms with Gasteiger partial charge in [0.2, 0.25) is 0 Å². The minimum atomic E-state index is -1.40. The Balaban J connectivity index is 2.67. The molecule has 0 saturated heterocycles. The van der Waals surface area contributed by atoms with Gasteiger partial charge in [-0.3, -0.25) is 4.68 Å². The number of rotatable bonds is 2. The third kappa shape index (κ3) is 1.88. The zero-order valence-corrected chi connectivity index (χ0v) is 9.61. The fourth-order valence-corrected chi connectivity index (χ4v) is 1.83. The molecule has 5 heteroatoms. The predicted octanol–water partition coefficient (Wildman–Crippen LogP) is 2.84. The molecule has 2 rings (SSSR count). The molecule has 0 spiro atoms. The first-order valence-electron chi connectivity index (χ1n) is 5.22. The zero-order chi connectivity index (χ0) is 12.6. The standard InChI is InChI=1S/C12H13F2N3/c1-7(13)11-8(4-3-5-10(11)14)9-6-16-17(2)12(9)15/h3-7H,15H2,1-2H3. The molecule has 2 N–H and O–H groups in total. The van der Waals surface area contributed by atoms with Gasteiger partial charge in [-0.15, -0.1) is 0 Å². The van der Waals surface area contributed by atoms with Gasteiger partial charge < -0.3 is 5.73 Å². The van der Waals surface area contributed by atoms with Crippen LogP contribution in [0.5, 0.6) is 0 Å². The molecule has 0 fully saturated rings. The Morgan fingerprint density at radius 2 is 2.06 bits per heavy atom. The van der Waals surface area contributed by atoms with E-state index in [1.807, 2.05) is 0 Å². The normalized spacial score (nSPS) is 12.7. The summed E-state index contributed by atoms with van der Waals surface area (Å²) in [6, 6.07) is 4.41. The fourth-order valence-electron chi connectivity index (χ4n) is 1.83. The molecule has 2 aromatic rings. The van der Waals surface area contributed by atoms with Crippen molar-refractivity contribution in [3.8, 4) is 11.1 Å². The molecule has 0 radical (unpaired) electrons. The van der Waals surface area contributed by atoms with Crippen LogP contribution >= 0.6 is 0 Å². The van der Waals surface area contributed by atoms with Gasteiger partial charge in [0.1, 0.15) is 17.8 Å². The van der Waals surface area contributed by atoms with Crippen LogP contribution in [0.15, 0.2) is 24.4 Å². The van der Waals surface area contributed by atoms with E-state index in [4.69, 9.17) is 5.73 Å². The van der Waals surface area contributed by atoms with Crippen molar-refractivity contribution in [3.63, 3.8) is 0 Å². The van der Waals surface area contributed by atoms with Crippen LogP contribution in [-0.4, -0.2) is 9.78 Å². The van der Waals surface area contributed by atoms with E-state index >= 15 is 0 Å². The van der Waals surface area contributed by atoms with Crippen LogP contribution in [0.3, 0.4) is 0 Å². The van der Waals surface area contributed by atoms with Crippen LogP contribution in [0.25, 0.3) is 11.1 Å². The number of aromatic nitrogens is 2. The van der Waals surface area contributed by atoms with E-state index in [2.05, 4.69) is 5.10 Å². The number of anilines is 1. The molecule has 90 valence electrons. The van der Waals surface area contributed by atoms with Gasteiger partial charge in [-0.2, -0.15) is 5.10 Å². The Labute approximate surface area is 97.9 Å². The lowest BCUT2D eigenvalue weighted by molar-refractivity contribution is 0.362. The van der Waals surface area contributed by atoms with Crippen LogP contribution in [0, 0.1) is 5.82 Å². The minimum Gasteiger partial charge on any atom is -0.383 e. The van der Waals surface area contributed by atoms with Crippen molar-refractivity contribution in [1.29, 1.82) is 0 Å². The Hall–Kier alpha value is -1.91. The Bertz CT molecular complexity index is 547. The largest absolute Gasteiger partial charge is 0.383 e. The summed E-state index contributed by atoms with van der Waals surface area (Å²) in [6.07, 6.45) is 0.113. The summed E-state index contributed by atoms with van der Waals surface area (Å²) in [5, 5.41) is 3.97. The lowest BCUT2D eigenvalue weighted by Crippen LogP contribution is -2.00. The highest BCUT2D eigenvalue weighted by molar-refractivity contribution is 5.76. The fraction of sp³-hybridized carbons (Fsp3) is 0.250. The molecule has 0 bridgehead atoms. The number of hydrogen-bond acceptors (Lipinski definition) is 2. The molecule has 0 aliphatic rings. The highest BCUT2D eigenvalue weighted by Crippen LogP contribution is 2.34. The second kappa shape index (κ2) is 4.16. The van der Waals surface area contributed by atoms with E-state index in [-0.39, 0.29) is 5.56 Å². The third-order valence-electron chi connectivity index (χ3n) is 2.73. The predicted molar refractivity (Wildman–Crippen MR) is 62.5 cm³/mol. The maximum Gasteiger partial charge on any atom is 0.129 e. The molecule has 1 heterocycles. The first-order valence-corrected chi connectivity index (χ1v) is 5.22. The summed E-state index contributed by atoms with van der Waals surface area (Å²) < 4.78 is 28.6. The smallest absolute Gasteiger partial charge is 0.129 e. The average Bonchev–Trinajstić information content (AvgIpc) is 2.59. The average molecular weight is 237 g/mol. The van der Waals surface area contributed by atoms with Gasteiger partial charge in [0.05, 0.1) is 6.20 Å². The minimum absolute atomic E-state index is 0.0206. The molecule has 1 aromatic carbocycles. The van der Waals surface area contributed by atoms with Crippen molar-refractivity contribution in [3.05, 3.63) is 35.8 Å². The maximum absolute atomic E-state index is 13.6. The Morgan fingerprint density at radius 3 is 2.59 bits per heavy atom. The van der Waals surface area contributed by atoms with Gasteiger partial charge in [0.15, 0.2) is 0 Å². The molecule has 0 aliphatic heterocycles. The van der Waals surface area contributed by atoms with E-state index in [0.29, 0.717) is 16.9 Å². The van der Waals surface area contributed by atoms with Crippen LogP contribution in [-0.2, 0) is 7.05 Å². The maximum atomic E-state index is 13.6. The number of halogens is 2. The Kier molecular flexibility index (Phi) is 2.83. The van der Waals surface area contributed by atoms with Gasteiger partial charge in [-0.25, -0.2) is 8.78 Å². The number of aryl methyl sites for hydroxylation is 1. The van der Waals surface area contributed by atoms with E-state index < -0.39 is 12.0 Å². The first-order chi connectivity index (χ1) is 8.02. The van der Waals surface area contributed by atoms with E-state index in [0.717, 1.165) is 0 Å². The molecule has 1 unspecified atom stereocenters. The van der Waals surface area contributed by atoms with Gasteiger partial charge in [0.25, 0.3) is 0 Å². The van der Waals surface area contributed by atoms with E-state index in [1.165, 1.54) is 29.9 Å².